The molecule has 2 N–H and O–H groups in total. The van der Waals surface area contributed by atoms with Gasteiger partial charge in [-0.05, 0) is 149 Å². The van der Waals surface area contributed by atoms with Gasteiger partial charge in [-0.2, -0.15) is 0 Å². The zero-order valence-electron chi connectivity index (χ0n) is 29.4. The van der Waals surface area contributed by atoms with Crippen LogP contribution in [-0.4, -0.2) is 33.0 Å². The van der Waals surface area contributed by atoms with E-state index in [2.05, 4.69) is 38.8 Å². The van der Waals surface area contributed by atoms with Crippen LogP contribution in [0, 0.1) is 82.9 Å². The fraction of sp³-hybridized carbons (Fsp3) is 0.682. The first-order valence-corrected chi connectivity index (χ1v) is 19.1. The summed E-state index contributed by atoms with van der Waals surface area (Å²) < 4.78 is 0. The summed E-state index contributed by atoms with van der Waals surface area (Å²) in [5.74, 6) is 10.3. The van der Waals surface area contributed by atoms with Crippen molar-refractivity contribution in [3.05, 3.63) is 47.6 Å². The van der Waals surface area contributed by atoms with Crippen LogP contribution in [0.2, 0.25) is 0 Å². The van der Waals surface area contributed by atoms with Crippen molar-refractivity contribution in [2.45, 2.75) is 128 Å². The van der Waals surface area contributed by atoms with Crippen molar-refractivity contribution in [3.63, 3.8) is 0 Å². The lowest BCUT2D eigenvalue weighted by Gasteiger charge is -2.56. The Morgan fingerprint density at radius 2 is 1.08 bits per heavy atom. The van der Waals surface area contributed by atoms with Gasteiger partial charge in [-0.3, -0.25) is 9.59 Å². The number of hydrogen-bond acceptors (Lipinski definition) is 4. The molecule has 48 heavy (non-hydrogen) atoms. The fourth-order valence-corrected chi connectivity index (χ4v) is 13.8. The van der Waals surface area contributed by atoms with E-state index in [1.807, 2.05) is 12.2 Å². The first-order chi connectivity index (χ1) is 22.9. The van der Waals surface area contributed by atoms with E-state index in [0.29, 0.717) is 71.8 Å². The first-order valence-electron chi connectivity index (χ1n) is 19.1. The third kappa shape index (κ3) is 4.64. The minimum atomic E-state index is -0.973. The van der Waals surface area contributed by atoms with Crippen LogP contribution in [-0.2, 0) is 9.59 Å². The lowest BCUT2D eigenvalue weighted by Crippen LogP contribution is -2.54. The largest absolute Gasteiger partial charge is 0.377 e. The Kier molecular flexibility index (Phi) is 8.45. The van der Waals surface area contributed by atoms with Crippen LogP contribution in [0.3, 0.4) is 0 Å². The lowest BCUT2D eigenvalue weighted by atomic mass is 9.48. The summed E-state index contributed by atoms with van der Waals surface area (Å²) in [6.07, 6.45) is 30.2. The fourth-order valence-electron chi connectivity index (χ4n) is 13.8. The summed E-state index contributed by atoms with van der Waals surface area (Å²) in [5, 5.41) is 22.4. The summed E-state index contributed by atoms with van der Waals surface area (Å²) in [5.41, 5.74) is 2.96. The smallest absolute Gasteiger partial charge is 0.155 e. The summed E-state index contributed by atoms with van der Waals surface area (Å²) in [6.45, 7) is 13.3. The molecule has 0 heterocycles. The summed E-state index contributed by atoms with van der Waals surface area (Å²) >= 11 is 0. The van der Waals surface area contributed by atoms with Crippen molar-refractivity contribution in [1.82, 2.24) is 0 Å². The van der Waals surface area contributed by atoms with Gasteiger partial charge in [0.05, 0.1) is 0 Å². The maximum absolute atomic E-state index is 11.8. The molecule has 0 unspecified atom stereocenters. The summed E-state index contributed by atoms with van der Waals surface area (Å²) in [4.78, 5) is 23.6. The van der Waals surface area contributed by atoms with Gasteiger partial charge < -0.3 is 10.2 Å². The average molecular weight is 649 g/mol. The molecule has 6 saturated carbocycles. The molecule has 8 rings (SSSR count). The zero-order valence-corrected chi connectivity index (χ0v) is 29.4. The minimum Gasteiger partial charge on any atom is -0.377 e. The molecule has 8 aliphatic carbocycles. The molecule has 4 heteroatoms. The zero-order chi connectivity index (χ0) is 34.2. The van der Waals surface area contributed by atoms with Crippen molar-refractivity contribution in [3.8, 4) is 24.7 Å². The number of carbonyl (C=O) groups is 2. The van der Waals surface area contributed by atoms with E-state index in [1.165, 1.54) is 22.3 Å². The van der Waals surface area contributed by atoms with Crippen molar-refractivity contribution in [2.75, 3.05) is 0 Å². The standard InChI is InChI=1S/2C22H28O2/c2*1-4-21-13-14(3)20-17-9-7-16(23)12-15(17)6-8-18(20)19(21)10-11-22(21,24)5-2/h2*2,12,17-20,24H,3-4,6-11,13H2,1H3/t2*17-,18-,19-,20+,21-,22-/m00/s1. The van der Waals surface area contributed by atoms with Crippen LogP contribution in [0.1, 0.15) is 117 Å². The highest BCUT2D eigenvalue weighted by atomic mass is 16.3. The van der Waals surface area contributed by atoms with Crippen LogP contribution in [0.15, 0.2) is 47.6 Å². The molecule has 0 aliphatic heterocycles. The maximum Gasteiger partial charge on any atom is 0.155 e. The summed E-state index contributed by atoms with van der Waals surface area (Å²) in [7, 11) is 0. The molecule has 256 valence electrons. The molecule has 4 nitrogen and oxygen atoms in total. The molecular formula is C44H56O4. The van der Waals surface area contributed by atoms with Crippen LogP contribution in [0.25, 0.3) is 0 Å². The highest BCUT2D eigenvalue weighted by Gasteiger charge is 2.65. The van der Waals surface area contributed by atoms with E-state index in [0.717, 1.165) is 89.9 Å². The highest BCUT2D eigenvalue weighted by molar-refractivity contribution is 5.91. The first kappa shape index (κ1) is 33.8. The number of terminal acetylenes is 2. The van der Waals surface area contributed by atoms with E-state index in [1.54, 1.807) is 0 Å². The number of carbonyl (C=O) groups excluding carboxylic acids is 2. The molecule has 0 saturated heterocycles. The van der Waals surface area contributed by atoms with Gasteiger partial charge in [0.2, 0.25) is 0 Å². The van der Waals surface area contributed by atoms with Crippen LogP contribution < -0.4 is 0 Å². The Morgan fingerprint density at radius 1 is 0.688 bits per heavy atom. The number of aliphatic hydroxyl groups is 2. The van der Waals surface area contributed by atoms with E-state index in [-0.39, 0.29) is 10.8 Å². The molecule has 0 spiro atoms. The maximum atomic E-state index is 11.8. The van der Waals surface area contributed by atoms with Gasteiger partial charge in [0.25, 0.3) is 0 Å². The van der Waals surface area contributed by atoms with Gasteiger partial charge in [-0.1, -0.05) is 61.1 Å². The number of allylic oxidation sites excluding steroid dienone is 4. The summed E-state index contributed by atoms with van der Waals surface area (Å²) in [6, 6.07) is 0. The molecule has 0 bridgehead atoms. The van der Waals surface area contributed by atoms with E-state index < -0.39 is 11.2 Å². The van der Waals surface area contributed by atoms with Gasteiger partial charge in [0.1, 0.15) is 11.2 Å². The van der Waals surface area contributed by atoms with E-state index >= 15 is 0 Å². The second kappa shape index (κ2) is 12.0. The molecule has 0 amide bonds. The van der Waals surface area contributed by atoms with Gasteiger partial charge >= 0.3 is 0 Å². The normalized spacial score (nSPS) is 47.3. The SMILES string of the molecule is C#C[C@]1(O)CC[C@H]2[C@@H]3CCC4=CC(=O)CC[C@@H]4[C@H]3C(=C)C[C@@]21CC.C#C[C@]1(O)CC[C@H]2[C@@H]3CCC4=CC(=O)CC[C@@H]4[C@H]3C(=C)C[C@@]21CC. The molecule has 8 aliphatic rings. The predicted octanol–water partition coefficient (Wildman–Crippen LogP) is 8.10. The molecule has 0 aromatic heterocycles. The van der Waals surface area contributed by atoms with E-state index in [4.69, 9.17) is 12.8 Å². The Hall–Kier alpha value is -2.66. The van der Waals surface area contributed by atoms with Crippen LogP contribution >= 0.6 is 0 Å². The van der Waals surface area contributed by atoms with Crippen molar-refractivity contribution in [1.29, 1.82) is 0 Å². The monoisotopic (exact) mass is 648 g/mol. The van der Waals surface area contributed by atoms with Crippen LogP contribution in [0.5, 0.6) is 0 Å². The van der Waals surface area contributed by atoms with Crippen molar-refractivity contribution < 1.29 is 19.8 Å². The number of rotatable bonds is 2. The Balaban J connectivity index is 0.000000152. The lowest BCUT2D eigenvalue weighted by molar-refractivity contribution is -0.117. The quantitative estimate of drug-likeness (QED) is 0.235. The Labute approximate surface area is 289 Å². The minimum absolute atomic E-state index is 0.189. The number of hydrogen-bond donors (Lipinski definition) is 2. The molecule has 0 aromatic carbocycles. The third-order valence-corrected chi connectivity index (χ3v) is 15.9. The topological polar surface area (TPSA) is 74.6 Å². The third-order valence-electron chi connectivity index (χ3n) is 15.9. The van der Waals surface area contributed by atoms with Crippen molar-refractivity contribution in [2.24, 2.45) is 58.2 Å². The van der Waals surface area contributed by atoms with Gasteiger partial charge in [0.15, 0.2) is 11.6 Å². The average Bonchev–Trinajstić information content (AvgIpc) is 3.56. The van der Waals surface area contributed by atoms with Crippen LogP contribution in [0.4, 0.5) is 0 Å². The Morgan fingerprint density at radius 3 is 1.44 bits per heavy atom. The second-order valence-corrected chi connectivity index (χ2v) is 17.1. The van der Waals surface area contributed by atoms with E-state index in [9.17, 15) is 19.8 Å². The highest BCUT2D eigenvalue weighted by Crippen LogP contribution is 2.68. The molecule has 6 fully saturated rings. The van der Waals surface area contributed by atoms with Gasteiger partial charge in [-0.25, -0.2) is 0 Å². The molecule has 0 aromatic rings. The number of fused-ring (bicyclic) bond motifs is 10. The van der Waals surface area contributed by atoms with Gasteiger partial charge in [-0.15, -0.1) is 12.8 Å². The number of ketones is 2. The molecular weight excluding hydrogens is 592 g/mol. The van der Waals surface area contributed by atoms with Crippen molar-refractivity contribution >= 4 is 11.6 Å². The predicted molar refractivity (Wildman–Crippen MR) is 190 cm³/mol. The molecule has 0 radical (unpaired) electrons. The molecule has 12 atom stereocenters. The van der Waals surface area contributed by atoms with Gasteiger partial charge in [0, 0.05) is 23.7 Å². The Bertz CT molecular complexity index is 1450. The second-order valence-electron chi connectivity index (χ2n) is 17.1.